The van der Waals surface area contributed by atoms with E-state index in [0.29, 0.717) is 42.9 Å². The molecule has 0 bridgehead atoms. The second-order valence-electron chi connectivity index (χ2n) is 8.90. The Balaban J connectivity index is 0.00000324. The van der Waals surface area contributed by atoms with E-state index in [1.807, 2.05) is 6.07 Å². The second-order valence-corrected chi connectivity index (χ2v) is 9.31. The predicted octanol–water partition coefficient (Wildman–Crippen LogP) is 5.38. The van der Waals surface area contributed by atoms with E-state index in [2.05, 4.69) is 18.8 Å². The molecule has 1 aromatic heterocycles. The Morgan fingerprint density at radius 1 is 1.26 bits per heavy atom. The highest BCUT2D eigenvalue weighted by atomic mass is 35.5. The standard InChI is InChI=1S/C24H26ClFN2O5.H2S/c1-13(2)12-32-22-16(14-5-6-14)8-15(11-27-22)33-21-10-19(26)17(9-18(21)25)23(29)28-7-3-4-20(28)24(30)31;/h8-11,13-14,20H,3-7,12H2,1-2H3,(H,30,31);1H2/t20-;/m0./s1. The number of likely N-dealkylation sites (tertiary alicyclic amines) is 1. The van der Waals surface area contributed by atoms with Gasteiger partial charge in [-0.1, -0.05) is 25.4 Å². The number of ether oxygens (including phenoxy) is 2. The van der Waals surface area contributed by atoms with Crippen LogP contribution in [-0.2, 0) is 4.79 Å². The highest BCUT2D eigenvalue weighted by Crippen LogP contribution is 2.45. The fraction of sp³-hybridized carbons (Fsp3) is 0.458. The maximum absolute atomic E-state index is 14.9. The zero-order valence-electron chi connectivity index (χ0n) is 19.0. The van der Waals surface area contributed by atoms with Gasteiger partial charge in [-0.05, 0) is 49.7 Å². The van der Waals surface area contributed by atoms with Crippen LogP contribution in [0.4, 0.5) is 4.39 Å². The van der Waals surface area contributed by atoms with Crippen LogP contribution < -0.4 is 9.47 Å². The van der Waals surface area contributed by atoms with Crippen molar-refractivity contribution in [3.63, 3.8) is 0 Å². The molecule has 7 nitrogen and oxygen atoms in total. The monoisotopic (exact) mass is 510 g/mol. The first-order valence-electron chi connectivity index (χ1n) is 11.1. The lowest BCUT2D eigenvalue weighted by atomic mass is 10.1. The smallest absolute Gasteiger partial charge is 0.326 e. The van der Waals surface area contributed by atoms with Crippen LogP contribution in [0.5, 0.6) is 17.4 Å². The van der Waals surface area contributed by atoms with Gasteiger partial charge in [0, 0.05) is 18.2 Å². The minimum Gasteiger partial charge on any atom is -0.480 e. The molecular formula is C24H28ClFN2O5S. The predicted molar refractivity (Wildman–Crippen MR) is 130 cm³/mol. The number of carboxylic acid groups (broad SMARTS) is 1. The minimum atomic E-state index is -1.10. The summed E-state index contributed by atoms with van der Waals surface area (Å²) in [5.41, 5.74) is 0.667. The van der Waals surface area contributed by atoms with Crippen LogP contribution in [0.15, 0.2) is 24.4 Å². The number of benzene rings is 1. The molecule has 10 heteroatoms. The third-order valence-electron chi connectivity index (χ3n) is 5.70. The zero-order chi connectivity index (χ0) is 23.7. The average molecular weight is 511 g/mol. The van der Waals surface area contributed by atoms with Gasteiger partial charge in [-0.2, -0.15) is 13.5 Å². The number of halogens is 2. The van der Waals surface area contributed by atoms with Gasteiger partial charge in [-0.25, -0.2) is 14.2 Å². The fourth-order valence-corrected chi connectivity index (χ4v) is 4.08. The van der Waals surface area contributed by atoms with Gasteiger partial charge in [0.1, 0.15) is 23.4 Å². The second kappa shape index (κ2) is 10.8. The van der Waals surface area contributed by atoms with E-state index in [9.17, 15) is 19.1 Å². The molecular weight excluding hydrogens is 483 g/mol. The molecule has 1 aliphatic heterocycles. The van der Waals surface area contributed by atoms with E-state index in [1.165, 1.54) is 17.2 Å². The summed E-state index contributed by atoms with van der Waals surface area (Å²) in [6.07, 6.45) is 4.47. The molecule has 1 aromatic carbocycles. The largest absolute Gasteiger partial charge is 0.480 e. The van der Waals surface area contributed by atoms with Crippen LogP contribution in [0.1, 0.15) is 61.4 Å². The lowest BCUT2D eigenvalue weighted by molar-refractivity contribution is -0.141. The fourth-order valence-electron chi connectivity index (χ4n) is 3.88. The SMILES string of the molecule is CC(C)COc1ncc(Oc2cc(F)c(C(=O)N3CCC[C@H]3C(=O)O)cc2Cl)cc1C1CC1.S. The van der Waals surface area contributed by atoms with Gasteiger partial charge in [0.05, 0.1) is 23.4 Å². The van der Waals surface area contributed by atoms with Crippen molar-refractivity contribution in [2.75, 3.05) is 13.2 Å². The van der Waals surface area contributed by atoms with Crippen LogP contribution in [-0.4, -0.2) is 46.1 Å². The van der Waals surface area contributed by atoms with Crippen molar-refractivity contribution in [2.24, 2.45) is 5.92 Å². The molecule has 2 aromatic rings. The lowest BCUT2D eigenvalue weighted by Gasteiger charge is -2.22. The Morgan fingerprint density at radius 3 is 2.65 bits per heavy atom. The number of aromatic nitrogens is 1. The number of carboxylic acids is 1. The molecule has 1 amide bonds. The van der Waals surface area contributed by atoms with Gasteiger partial charge in [0.2, 0.25) is 5.88 Å². The summed E-state index contributed by atoms with van der Waals surface area (Å²) in [6.45, 7) is 4.93. The van der Waals surface area contributed by atoms with Gasteiger partial charge >= 0.3 is 5.97 Å². The summed E-state index contributed by atoms with van der Waals surface area (Å²) >= 11 is 6.31. The summed E-state index contributed by atoms with van der Waals surface area (Å²) in [7, 11) is 0. The van der Waals surface area contributed by atoms with E-state index in [4.69, 9.17) is 21.1 Å². The Kier molecular flexibility index (Phi) is 8.30. The summed E-state index contributed by atoms with van der Waals surface area (Å²) in [6, 6.07) is 3.09. The van der Waals surface area contributed by atoms with Crippen LogP contribution in [0.25, 0.3) is 0 Å². The Morgan fingerprint density at radius 2 is 2.00 bits per heavy atom. The number of nitrogens with zero attached hydrogens (tertiary/aromatic N) is 2. The molecule has 0 spiro atoms. The molecule has 2 fully saturated rings. The van der Waals surface area contributed by atoms with E-state index in [-0.39, 0.29) is 36.4 Å². The van der Waals surface area contributed by atoms with Crippen molar-refractivity contribution in [1.82, 2.24) is 9.88 Å². The van der Waals surface area contributed by atoms with Gasteiger partial charge in [0.15, 0.2) is 0 Å². The summed E-state index contributed by atoms with van der Waals surface area (Å²) in [4.78, 5) is 29.7. The maximum atomic E-state index is 14.9. The number of hydrogen-bond donors (Lipinski definition) is 1. The molecule has 2 aliphatic rings. The van der Waals surface area contributed by atoms with Crippen LogP contribution in [0.2, 0.25) is 5.02 Å². The number of carbonyl (C=O) groups is 2. The van der Waals surface area contributed by atoms with E-state index >= 15 is 0 Å². The number of rotatable bonds is 8. The first-order valence-corrected chi connectivity index (χ1v) is 11.5. The third kappa shape index (κ3) is 5.75. The number of amides is 1. The van der Waals surface area contributed by atoms with Gasteiger partial charge in [-0.15, -0.1) is 0 Å². The number of pyridine rings is 1. The topological polar surface area (TPSA) is 89.0 Å². The van der Waals surface area contributed by atoms with Gasteiger partial charge in [0.25, 0.3) is 5.91 Å². The Bertz CT molecular complexity index is 1080. The molecule has 4 rings (SSSR count). The first kappa shape index (κ1) is 26.1. The Labute approximate surface area is 209 Å². The van der Waals surface area contributed by atoms with Crippen LogP contribution in [0, 0.1) is 11.7 Å². The highest BCUT2D eigenvalue weighted by molar-refractivity contribution is 7.59. The van der Waals surface area contributed by atoms with E-state index < -0.39 is 23.7 Å². The third-order valence-corrected chi connectivity index (χ3v) is 6.00. The van der Waals surface area contributed by atoms with Gasteiger partial charge in [-0.3, -0.25) is 4.79 Å². The molecule has 184 valence electrons. The van der Waals surface area contributed by atoms with Crippen LogP contribution in [0.3, 0.4) is 0 Å². The van der Waals surface area contributed by atoms with Crippen molar-refractivity contribution in [1.29, 1.82) is 0 Å². The first-order chi connectivity index (χ1) is 15.7. The number of carbonyl (C=O) groups excluding carboxylic acids is 1. The van der Waals surface area contributed by atoms with Gasteiger partial charge < -0.3 is 19.5 Å². The molecule has 34 heavy (non-hydrogen) atoms. The normalized spacial score (nSPS) is 17.4. The highest BCUT2D eigenvalue weighted by Gasteiger charge is 2.36. The molecule has 1 saturated heterocycles. The lowest BCUT2D eigenvalue weighted by Crippen LogP contribution is -2.40. The summed E-state index contributed by atoms with van der Waals surface area (Å²) < 4.78 is 26.5. The summed E-state index contributed by atoms with van der Waals surface area (Å²) in [5, 5.41) is 9.35. The molecule has 1 atom stereocenters. The van der Waals surface area contributed by atoms with Crippen molar-refractivity contribution >= 4 is 37.0 Å². The van der Waals surface area contributed by atoms with Crippen molar-refractivity contribution < 1.29 is 28.6 Å². The van der Waals surface area contributed by atoms with Crippen molar-refractivity contribution in [3.8, 4) is 17.4 Å². The van der Waals surface area contributed by atoms with Crippen molar-refractivity contribution in [3.05, 3.63) is 46.4 Å². The molecule has 1 N–H and O–H groups in total. The summed E-state index contributed by atoms with van der Waals surface area (Å²) in [5.74, 6) is -0.900. The van der Waals surface area contributed by atoms with Crippen LogP contribution >= 0.6 is 25.1 Å². The number of hydrogen-bond acceptors (Lipinski definition) is 5. The maximum Gasteiger partial charge on any atom is 0.326 e. The minimum absolute atomic E-state index is 0. The molecule has 2 heterocycles. The zero-order valence-corrected chi connectivity index (χ0v) is 20.8. The average Bonchev–Trinajstić information content (AvgIpc) is 3.49. The molecule has 1 saturated carbocycles. The van der Waals surface area contributed by atoms with E-state index in [1.54, 1.807) is 0 Å². The molecule has 0 radical (unpaired) electrons. The van der Waals surface area contributed by atoms with E-state index in [0.717, 1.165) is 24.5 Å². The molecule has 0 unspecified atom stereocenters. The quantitative estimate of drug-likeness (QED) is 0.513. The molecule has 1 aliphatic carbocycles. The Hall–Kier alpha value is -2.52. The van der Waals surface area contributed by atoms with Crippen molar-refractivity contribution in [2.45, 2.75) is 51.5 Å². The number of aliphatic carboxylic acids is 1.